The summed E-state index contributed by atoms with van der Waals surface area (Å²) in [5.74, 6) is 1.49. The van der Waals surface area contributed by atoms with E-state index in [2.05, 4.69) is 17.6 Å². The Bertz CT molecular complexity index is 323. The van der Waals surface area contributed by atoms with Gasteiger partial charge in [-0.25, -0.2) is 4.79 Å². The van der Waals surface area contributed by atoms with Gasteiger partial charge in [0.25, 0.3) is 0 Å². The number of hydrogen-bond acceptors (Lipinski definition) is 3. The van der Waals surface area contributed by atoms with Crippen LogP contribution in [0.3, 0.4) is 0 Å². The van der Waals surface area contributed by atoms with Gasteiger partial charge in [-0.15, -0.1) is 0 Å². The van der Waals surface area contributed by atoms with Crippen molar-refractivity contribution in [2.45, 2.75) is 52.6 Å². The summed E-state index contributed by atoms with van der Waals surface area (Å²) in [4.78, 5) is 22.8. The van der Waals surface area contributed by atoms with Crippen molar-refractivity contribution in [2.24, 2.45) is 11.8 Å². The Morgan fingerprint density at radius 1 is 1.26 bits per heavy atom. The SMILES string of the molecule is CC1CC1CNC(=O)CCCNC(=O)OC(C)(C)C. The van der Waals surface area contributed by atoms with E-state index in [0.29, 0.717) is 25.3 Å². The number of ether oxygens (including phenoxy) is 1. The molecule has 0 saturated heterocycles. The third kappa shape index (κ3) is 7.70. The molecule has 19 heavy (non-hydrogen) atoms. The molecule has 0 aliphatic heterocycles. The summed E-state index contributed by atoms with van der Waals surface area (Å²) >= 11 is 0. The Kier molecular flexibility index (Phi) is 5.63. The van der Waals surface area contributed by atoms with Gasteiger partial charge in [-0.1, -0.05) is 6.92 Å². The highest BCUT2D eigenvalue weighted by Crippen LogP contribution is 2.36. The minimum absolute atomic E-state index is 0.0603. The zero-order valence-corrected chi connectivity index (χ0v) is 12.4. The van der Waals surface area contributed by atoms with E-state index in [1.54, 1.807) is 0 Å². The average molecular weight is 270 g/mol. The molecule has 0 aromatic carbocycles. The van der Waals surface area contributed by atoms with Crippen molar-refractivity contribution in [3.05, 3.63) is 0 Å². The van der Waals surface area contributed by atoms with Crippen LogP contribution in [0.5, 0.6) is 0 Å². The largest absolute Gasteiger partial charge is 0.444 e. The summed E-state index contributed by atoms with van der Waals surface area (Å²) in [6.45, 7) is 8.90. The Morgan fingerprint density at radius 3 is 2.42 bits per heavy atom. The predicted octanol–water partition coefficient (Wildman–Crippen LogP) is 2.06. The molecule has 1 aliphatic rings. The van der Waals surface area contributed by atoms with Crippen LogP contribution < -0.4 is 10.6 Å². The average Bonchev–Trinajstić information content (AvgIpc) is 2.96. The minimum Gasteiger partial charge on any atom is -0.444 e. The van der Waals surface area contributed by atoms with Gasteiger partial charge in [-0.2, -0.15) is 0 Å². The fourth-order valence-corrected chi connectivity index (χ4v) is 1.77. The molecule has 0 aromatic heterocycles. The smallest absolute Gasteiger partial charge is 0.407 e. The first kappa shape index (κ1) is 15.8. The van der Waals surface area contributed by atoms with Crippen molar-refractivity contribution in [1.82, 2.24) is 10.6 Å². The molecular weight excluding hydrogens is 244 g/mol. The second-order valence-corrected chi connectivity index (χ2v) is 6.31. The summed E-state index contributed by atoms with van der Waals surface area (Å²) in [6, 6.07) is 0. The molecule has 1 aliphatic carbocycles. The molecule has 5 heteroatoms. The van der Waals surface area contributed by atoms with Crippen molar-refractivity contribution in [3.8, 4) is 0 Å². The first-order valence-electron chi connectivity index (χ1n) is 7.01. The molecule has 1 rings (SSSR count). The van der Waals surface area contributed by atoms with E-state index in [-0.39, 0.29) is 5.91 Å². The van der Waals surface area contributed by atoms with Crippen LogP contribution in [-0.4, -0.2) is 30.7 Å². The van der Waals surface area contributed by atoms with Gasteiger partial charge >= 0.3 is 6.09 Å². The molecule has 0 spiro atoms. The number of amides is 2. The predicted molar refractivity (Wildman–Crippen MR) is 73.8 cm³/mol. The lowest BCUT2D eigenvalue weighted by atomic mass is 10.2. The molecule has 5 nitrogen and oxygen atoms in total. The van der Waals surface area contributed by atoms with Gasteiger partial charge in [-0.05, 0) is 45.4 Å². The van der Waals surface area contributed by atoms with Crippen molar-refractivity contribution in [2.75, 3.05) is 13.1 Å². The molecule has 2 unspecified atom stereocenters. The van der Waals surface area contributed by atoms with Crippen LogP contribution in [0.4, 0.5) is 4.79 Å². The van der Waals surface area contributed by atoms with Crippen LogP contribution >= 0.6 is 0 Å². The number of carbonyl (C=O) groups is 2. The van der Waals surface area contributed by atoms with E-state index in [4.69, 9.17) is 4.74 Å². The summed E-state index contributed by atoms with van der Waals surface area (Å²) < 4.78 is 5.09. The minimum atomic E-state index is -0.484. The highest BCUT2D eigenvalue weighted by Gasteiger charge is 2.32. The zero-order valence-electron chi connectivity index (χ0n) is 12.4. The van der Waals surface area contributed by atoms with Crippen molar-refractivity contribution >= 4 is 12.0 Å². The van der Waals surface area contributed by atoms with Gasteiger partial charge in [0.1, 0.15) is 5.60 Å². The summed E-state index contributed by atoms with van der Waals surface area (Å²) in [6.07, 6.45) is 1.86. The first-order chi connectivity index (χ1) is 8.78. The van der Waals surface area contributed by atoms with E-state index < -0.39 is 11.7 Å². The Balaban J connectivity index is 1.97. The molecule has 1 saturated carbocycles. The normalized spacial score (nSPS) is 21.7. The van der Waals surface area contributed by atoms with Crippen molar-refractivity contribution in [1.29, 1.82) is 0 Å². The Hall–Kier alpha value is -1.26. The van der Waals surface area contributed by atoms with Crippen molar-refractivity contribution < 1.29 is 14.3 Å². The Labute approximate surface area is 115 Å². The molecule has 110 valence electrons. The van der Waals surface area contributed by atoms with Crippen LogP contribution in [0, 0.1) is 11.8 Å². The van der Waals surface area contributed by atoms with Crippen LogP contribution in [0.15, 0.2) is 0 Å². The standard InChI is InChI=1S/C14H26N2O3/c1-10-8-11(10)9-16-12(17)6-5-7-15-13(18)19-14(2,3)4/h10-11H,5-9H2,1-4H3,(H,15,18)(H,16,17). The third-order valence-electron chi connectivity index (χ3n) is 3.09. The van der Waals surface area contributed by atoms with E-state index in [1.807, 2.05) is 20.8 Å². The summed E-state index contributed by atoms with van der Waals surface area (Å²) in [5, 5.41) is 5.56. The summed E-state index contributed by atoms with van der Waals surface area (Å²) in [5.41, 5.74) is -0.484. The number of nitrogens with one attached hydrogen (secondary N) is 2. The van der Waals surface area contributed by atoms with Crippen LogP contribution in [-0.2, 0) is 9.53 Å². The quantitative estimate of drug-likeness (QED) is 0.726. The molecule has 2 N–H and O–H groups in total. The van der Waals surface area contributed by atoms with E-state index in [1.165, 1.54) is 6.42 Å². The van der Waals surface area contributed by atoms with Crippen LogP contribution in [0.1, 0.15) is 47.0 Å². The van der Waals surface area contributed by atoms with Crippen LogP contribution in [0.25, 0.3) is 0 Å². The number of rotatable bonds is 6. The lowest BCUT2D eigenvalue weighted by Crippen LogP contribution is -2.33. The highest BCUT2D eigenvalue weighted by atomic mass is 16.6. The fourth-order valence-electron chi connectivity index (χ4n) is 1.77. The second kappa shape index (κ2) is 6.78. The number of alkyl carbamates (subject to hydrolysis) is 1. The lowest BCUT2D eigenvalue weighted by Gasteiger charge is -2.19. The molecule has 0 aromatic rings. The lowest BCUT2D eigenvalue weighted by molar-refractivity contribution is -0.121. The van der Waals surface area contributed by atoms with Gasteiger partial charge in [0.2, 0.25) is 5.91 Å². The van der Waals surface area contributed by atoms with Gasteiger partial charge in [0.15, 0.2) is 0 Å². The maximum atomic E-state index is 11.5. The van der Waals surface area contributed by atoms with Gasteiger partial charge in [-0.3, -0.25) is 4.79 Å². The monoisotopic (exact) mass is 270 g/mol. The second-order valence-electron chi connectivity index (χ2n) is 6.31. The molecule has 2 atom stereocenters. The highest BCUT2D eigenvalue weighted by molar-refractivity contribution is 5.76. The van der Waals surface area contributed by atoms with Crippen LogP contribution in [0.2, 0.25) is 0 Å². The first-order valence-corrected chi connectivity index (χ1v) is 7.01. The van der Waals surface area contributed by atoms with Crippen molar-refractivity contribution in [3.63, 3.8) is 0 Å². The number of hydrogen-bond donors (Lipinski definition) is 2. The van der Waals surface area contributed by atoms with E-state index >= 15 is 0 Å². The Morgan fingerprint density at radius 2 is 1.89 bits per heavy atom. The molecule has 0 heterocycles. The van der Waals surface area contributed by atoms with E-state index in [0.717, 1.165) is 12.5 Å². The molecule has 2 amide bonds. The number of carbonyl (C=O) groups excluding carboxylic acids is 2. The van der Waals surface area contributed by atoms with Gasteiger partial charge < -0.3 is 15.4 Å². The molecule has 0 radical (unpaired) electrons. The third-order valence-corrected chi connectivity index (χ3v) is 3.09. The molecular formula is C14H26N2O3. The molecule has 0 bridgehead atoms. The van der Waals surface area contributed by atoms with Gasteiger partial charge in [0.05, 0.1) is 0 Å². The summed E-state index contributed by atoms with van der Waals surface area (Å²) in [7, 11) is 0. The zero-order chi connectivity index (χ0) is 14.5. The fraction of sp³-hybridized carbons (Fsp3) is 0.857. The maximum Gasteiger partial charge on any atom is 0.407 e. The topological polar surface area (TPSA) is 67.4 Å². The van der Waals surface area contributed by atoms with E-state index in [9.17, 15) is 9.59 Å². The maximum absolute atomic E-state index is 11.5. The molecule has 1 fully saturated rings. The van der Waals surface area contributed by atoms with Gasteiger partial charge in [0, 0.05) is 19.5 Å².